The number of anilines is 1. The predicted molar refractivity (Wildman–Crippen MR) is 113 cm³/mol. The van der Waals surface area contributed by atoms with E-state index in [1.165, 1.54) is 11.3 Å². The monoisotopic (exact) mass is 396 g/mol. The average molecular weight is 397 g/mol. The second kappa shape index (κ2) is 8.53. The van der Waals surface area contributed by atoms with Crippen molar-refractivity contribution in [3.05, 3.63) is 53.6 Å². The second-order valence-electron chi connectivity index (χ2n) is 6.25. The summed E-state index contributed by atoms with van der Waals surface area (Å²) in [6, 6.07) is 14.9. The van der Waals surface area contributed by atoms with E-state index in [2.05, 4.69) is 6.07 Å². The highest BCUT2D eigenvalue weighted by molar-refractivity contribution is 7.98. The van der Waals surface area contributed by atoms with Crippen LogP contribution in [0.5, 0.6) is 0 Å². The first kappa shape index (κ1) is 19.4. The van der Waals surface area contributed by atoms with Crippen molar-refractivity contribution < 1.29 is 4.79 Å². The zero-order valence-electron chi connectivity index (χ0n) is 15.5. The third-order valence-electron chi connectivity index (χ3n) is 4.10. The van der Waals surface area contributed by atoms with Gasteiger partial charge in [0, 0.05) is 23.5 Å². The molecule has 3 aromatic rings. The Morgan fingerprint density at radius 3 is 2.56 bits per heavy atom. The number of thiazole rings is 1. The van der Waals surface area contributed by atoms with Crippen LogP contribution < -0.4 is 4.90 Å². The summed E-state index contributed by atoms with van der Waals surface area (Å²) in [6.45, 7) is 1.27. The minimum atomic E-state index is -0.105. The topological polar surface area (TPSA) is 60.2 Å². The predicted octanol–water partition coefficient (Wildman–Crippen LogP) is 4.10. The molecule has 27 heavy (non-hydrogen) atoms. The van der Waals surface area contributed by atoms with Gasteiger partial charge in [-0.15, -0.1) is 11.8 Å². The molecule has 1 aromatic heterocycles. The maximum atomic E-state index is 13.2. The largest absolute Gasteiger partial charge is 0.308 e. The van der Waals surface area contributed by atoms with Gasteiger partial charge in [0.25, 0.3) is 5.91 Å². The summed E-state index contributed by atoms with van der Waals surface area (Å²) in [5.41, 5.74) is 2.03. The average Bonchev–Trinajstić information content (AvgIpc) is 3.11. The Bertz CT molecular complexity index is 989. The van der Waals surface area contributed by atoms with Crippen molar-refractivity contribution in [1.82, 2.24) is 9.88 Å². The Morgan fingerprint density at radius 1 is 1.19 bits per heavy atom. The number of hydrogen-bond acceptors (Lipinski definition) is 6. The molecule has 0 spiro atoms. The Hall–Kier alpha value is -2.40. The van der Waals surface area contributed by atoms with Crippen LogP contribution in [0.4, 0.5) is 5.13 Å². The number of amides is 1. The molecule has 0 atom stereocenters. The molecule has 3 rings (SSSR count). The molecule has 0 unspecified atom stereocenters. The number of benzene rings is 2. The number of nitriles is 1. The van der Waals surface area contributed by atoms with Crippen LogP contribution in [0.25, 0.3) is 10.2 Å². The number of nitrogens with zero attached hydrogens (tertiary/aromatic N) is 4. The van der Waals surface area contributed by atoms with E-state index in [1.54, 1.807) is 40.9 Å². The molecule has 7 heteroatoms. The molecule has 138 valence electrons. The second-order valence-corrected chi connectivity index (χ2v) is 8.11. The van der Waals surface area contributed by atoms with E-state index in [1.807, 2.05) is 43.5 Å². The van der Waals surface area contributed by atoms with Crippen LogP contribution in [0.2, 0.25) is 0 Å². The number of aromatic nitrogens is 1. The zero-order chi connectivity index (χ0) is 19.4. The van der Waals surface area contributed by atoms with Crippen LogP contribution in [-0.2, 0) is 0 Å². The highest BCUT2D eigenvalue weighted by Crippen LogP contribution is 2.34. The van der Waals surface area contributed by atoms with Crippen LogP contribution >= 0.6 is 23.1 Å². The maximum absolute atomic E-state index is 13.2. The van der Waals surface area contributed by atoms with Crippen LogP contribution in [0.15, 0.2) is 47.4 Å². The molecule has 2 aromatic carbocycles. The van der Waals surface area contributed by atoms with Crippen LogP contribution in [0, 0.1) is 11.3 Å². The van der Waals surface area contributed by atoms with Crippen LogP contribution in [-0.4, -0.2) is 49.2 Å². The molecule has 0 saturated heterocycles. The lowest BCUT2D eigenvalue weighted by atomic mass is 10.1. The van der Waals surface area contributed by atoms with E-state index >= 15 is 0 Å². The normalized spacial score (nSPS) is 10.9. The molecule has 0 aliphatic carbocycles. The van der Waals surface area contributed by atoms with E-state index in [9.17, 15) is 4.79 Å². The summed E-state index contributed by atoms with van der Waals surface area (Å²) in [6.07, 6.45) is 2.03. The van der Waals surface area contributed by atoms with E-state index < -0.39 is 0 Å². The van der Waals surface area contributed by atoms with Crippen molar-refractivity contribution in [2.24, 2.45) is 0 Å². The van der Waals surface area contributed by atoms with Gasteiger partial charge in [-0.3, -0.25) is 9.69 Å². The molecular weight excluding hydrogens is 376 g/mol. The van der Waals surface area contributed by atoms with E-state index in [-0.39, 0.29) is 5.91 Å². The van der Waals surface area contributed by atoms with Gasteiger partial charge in [0.2, 0.25) is 0 Å². The van der Waals surface area contributed by atoms with Crippen molar-refractivity contribution >= 4 is 44.4 Å². The number of thioether (sulfide) groups is 1. The molecule has 0 saturated carbocycles. The number of fused-ring (bicyclic) bond motifs is 1. The molecule has 5 nitrogen and oxygen atoms in total. The van der Waals surface area contributed by atoms with Gasteiger partial charge in [0.05, 0.1) is 21.8 Å². The summed E-state index contributed by atoms with van der Waals surface area (Å²) in [4.78, 5) is 22.8. The van der Waals surface area contributed by atoms with Gasteiger partial charge in [0.1, 0.15) is 0 Å². The Labute approximate surface area is 167 Å². The lowest BCUT2D eigenvalue weighted by Crippen LogP contribution is -2.36. The molecule has 0 bridgehead atoms. The number of para-hydroxylation sites is 1. The molecule has 1 heterocycles. The van der Waals surface area contributed by atoms with Crippen molar-refractivity contribution in [1.29, 1.82) is 5.26 Å². The fourth-order valence-electron chi connectivity index (χ4n) is 2.62. The van der Waals surface area contributed by atoms with Gasteiger partial charge in [-0.25, -0.2) is 4.98 Å². The standard InChI is InChI=1S/C20H20N4OS2/c1-23(2)11-12-24(19(25)15-9-7-14(13-21)8-10-15)20-22-18-16(26-3)5-4-6-17(18)27-20/h4-10H,11-12H2,1-3H3. The van der Waals surface area contributed by atoms with E-state index in [4.69, 9.17) is 10.2 Å². The molecule has 0 N–H and O–H groups in total. The number of rotatable bonds is 6. The summed E-state index contributed by atoms with van der Waals surface area (Å²) in [5, 5.41) is 9.67. The van der Waals surface area contributed by atoms with Gasteiger partial charge >= 0.3 is 0 Å². The zero-order valence-corrected chi connectivity index (χ0v) is 17.1. The van der Waals surface area contributed by atoms with Crippen LogP contribution in [0.1, 0.15) is 15.9 Å². The quantitative estimate of drug-likeness (QED) is 0.587. The van der Waals surface area contributed by atoms with Crippen molar-refractivity contribution in [2.75, 3.05) is 38.3 Å². The van der Waals surface area contributed by atoms with Crippen molar-refractivity contribution in [3.63, 3.8) is 0 Å². The van der Waals surface area contributed by atoms with Crippen molar-refractivity contribution in [3.8, 4) is 6.07 Å². The van der Waals surface area contributed by atoms with Gasteiger partial charge in [-0.2, -0.15) is 5.26 Å². The third-order valence-corrected chi connectivity index (χ3v) is 5.91. The van der Waals surface area contributed by atoms with Crippen LogP contribution in [0.3, 0.4) is 0 Å². The highest BCUT2D eigenvalue weighted by atomic mass is 32.2. The first-order valence-corrected chi connectivity index (χ1v) is 10.5. The molecule has 1 amide bonds. The lowest BCUT2D eigenvalue weighted by Gasteiger charge is -2.22. The summed E-state index contributed by atoms with van der Waals surface area (Å²) in [7, 11) is 3.96. The number of likely N-dealkylation sites (N-methyl/N-ethyl adjacent to an activating group) is 1. The van der Waals surface area contributed by atoms with E-state index in [0.29, 0.717) is 22.8 Å². The number of hydrogen-bond donors (Lipinski definition) is 0. The van der Waals surface area contributed by atoms with Gasteiger partial charge in [-0.05, 0) is 56.7 Å². The van der Waals surface area contributed by atoms with Gasteiger partial charge < -0.3 is 4.90 Å². The van der Waals surface area contributed by atoms with E-state index in [0.717, 1.165) is 21.7 Å². The fraction of sp³-hybridized carbons (Fsp3) is 0.250. The molecule has 0 fully saturated rings. The highest BCUT2D eigenvalue weighted by Gasteiger charge is 2.22. The lowest BCUT2D eigenvalue weighted by molar-refractivity contribution is 0.0985. The number of carbonyl (C=O) groups excluding carboxylic acids is 1. The summed E-state index contributed by atoms with van der Waals surface area (Å²) >= 11 is 3.18. The number of carbonyl (C=O) groups is 1. The first-order valence-electron chi connectivity index (χ1n) is 8.44. The Kier molecular flexibility index (Phi) is 6.11. The molecule has 0 radical (unpaired) electrons. The summed E-state index contributed by atoms with van der Waals surface area (Å²) < 4.78 is 1.07. The minimum Gasteiger partial charge on any atom is -0.308 e. The minimum absolute atomic E-state index is 0.105. The smallest absolute Gasteiger partial charge is 0.260 e. The molecule has 0 aliphatic rings. The third kappa shape index (κ3) is 4.30. The first-order chi connectivity index (χ1) is 13.0. The molecule has 0 aliphatic heterocycles. The van der Waals surface area contributed by atoms with Crippen molar-refractivity contribution in [2.45, 2.75) is 4.90 Å². The molecular formula is C20H20N4OS2. The van der Waals surface area contributed by atoms with Gasteiger partial charge in [-0.1, -0.05) is 17.4 Å². The van der Waals surface area contributed by atoms with Gasteiger partial charge in [0.15, 0.2) is 5.13 Å². The fourth-order valence-corrected chi connectivity index (χ4v) is 4.26. The Morgan fingerprint density at radius 2 is 1.93 bits per heavy atom. The Balaban J connectivity index is 2.00. The summed E-state index contributed by atoms with van der Waals surface area (Å²) in [5.74, 6) is -0.105. The SMILES string of the molecule is CSc1cccc2sc(N(CCN(C)C)C(=O)c3ccc(C#N)cc3)nc12. The maximum Gasteiger partial charge on any atom is 0.260 e.